The summed E-state index contributed by atoms with van der Waals surface area (Å²) in [6.07, 6.45) is 0. The van der Waals surface area contributed by atoms with Gasteiger partial charge in [-0.3, -0.25) is 0 Å². The molecule has 2 aromatic carbocycles. The van der Waals surface area contributed by atoms with Crippen LogP contribution in [-0.2, 0) is 0 Å². The number of rotatable bonds is 2. The molecule has 3 heteroatoms. The molecule has 21 heavy (non-hydrogen) atoms. The Bertz CT molecular complexity index is 870. The molecule has 0 amide bonds. The number of hydrogen-bond donors (Lipinski definition) is 0. The monoisotopic (exact) mass is 307 g/mol. The van der Waals surface area contributed by atoms with E-state index in [1.807, 2.05) is 17.4 Å². The predicted molar refractivity (Wildman–Crippen MR) is 93.1 cm³/mol. The Balaban J connectivity index is 1.84. The number of fused-ring (bicyclic) bond motifs is 1. The third-order valence-electron chi connectivity index (χ3n) is 3.46. The van der Waals surface area contributed by atoms with Crippen LogP contribution in [0.25, 0.3) is 30.5 Å². The maximum Gasteiger partial charge on any atom is 0.134 e. The fourth-order valence-corrected chi connectivity index (χ4v) is 4.69. The van der Waals surface area contributed by atoms with E-state index in [2.05, 4.69) is 61.5 Å². The van der Waals surface area contributed by atoms with Gasteiger partial charge in [-0.15, -0.1) is 22.7 Å². The normalized spacial score (nSPS) is 11.1. The van der Waals surface area contributed by atoms with Gasteiger partial charge in [0.1, 0.15) is 5.01 Å². The van der Waals surface area contributed by atoms with Crippen molar-refractivity contribution in [1.29, 1.82) is 0 Å². The Morgan fingerprint density at radius 2 is 1.62 bits per heavy atom. The van der Waals surface area contributed by atoms with Crippen molar-refractivity contribution in [2.75, 3.05) is 0 Å². The van der Waals surface area contributed by atoms with Gasteiger partial charge in [-0.25, -0.2) is 4.98 Å². The van der Waals surface area contributed by atoms with Crippen molar-refractivity contribution in [3.8, 4) is 20.3 Å². The summed E-state index contributed by atoms with van der Waals surface area (Å²) in [6.45, 7) is 2.17. The zero-order chi connectivity index (χ0) is 14.2. The maximum atomic E-state index is 4.78. The van der Waals surface area contributed by atoms with Crippen LogP contribution in [0, 0.1) is 6.92 Å². The molecular formula is C18H13NS2. The molecule has 0 fully saturated rings. The van der Waals surface area contributed by atoms with Crippen LogP contribution in [0.15, 0.2) is 60.7 Å². The maximum absolute atomic E-state index is 4.78. The highest BCUT2D eigenvalue weighted by Gasteiger charge is 2.13. The van der Waals surface area contributed by atoms with E-state index in [0.717, 1.165) is 10.5 Å². The third-order valence-corrected chi connectivity index (χ3v) is 5.94. The zero-order valence-electron chi connectivity index (χ0n) is 11.5. The van der Waals surface area contributed by atoms with Gasteiger partial charge < -0.3 is 0 Å². The van der Waals surface area contributed by atoms with Gasteiger partial charge >= 0.3 is 0 Å². The average molecular weight is 307 g/mol. The summed E-state index contributed by atoms with van der Waals surface area (Å²) in [7, 11) is 0. The standard InChI is InChI=1S/C18H13NS2/c1-12-11-16(13-7-3-2-4-8-13)20-17(12)18-19-14-9-5-6-10-15(14)21-18/h2-11H,1H3. The summed E-state index contributed by atoms with van der Waals surface area (Å²) in [5.41, 5.74) is 3.67. The van der Waals surface area contributed by atoms with Crippen molar-refractivity contribution in [2.45, 2.75) is 6.92 Å². The van der Waals surface area contributed by atoms with Crippen LogP contribution < -0.4 is 0 Å². The van der Waals surface area contributed by atoms with Crippen molar-refractivity contribution in [3.63, 3.8) is 0 Å². The summed E-state index contributed by atoms with van der Waals surface area (Å²) in [4.78, 5) is 7.37. The van der Waals surface area contributed by atoms with Crippen LogP contribution in [0.3, 0.4) is 0 Å². The van der Waals surface area contributed by atoms with Crippen LogP contribution >= 0.6 is 22.7 Å². The number of para-hydroxylation sites is 1. The van der Waals surface area contributed by atoms with Crippen molar-refractivity contribution >= 4 is 32.9 Å². The molecule has 4 aromatic rings. The summed E-state index contributed by atoms with van der Waals surface area (Å²) >= 11 is 3.60. The number of nitrogens with zero attached hydrogens (tertiary/aromatic N) is 1. The SMILES string of the molecule is Cc1cc(-c2ccccc2)sc1-c1nc2ccccc2s1. The van der Waals surface area contributed by atoms with Gasteiger partial charge in [0.05, 0.1) is 15.1 Å². The molecular weight excluding hydrogens is 294 g/mol. The van der Waals surface area contributed by atoms with Crippen LogP contribution in [0.2, 0.25) is 0 Å². The first-order valence-electron chi connectivity index (χ1n) is 6.83. The van der Waals surface area contributed by atoms with Crippen molar-refractivity contribution in [1.82, 2.24) is 4.98 Å². The second kappa shape index (κ2) is 5.10. The quantitative estimate of drug-likeness (QED) is 0.442. The molecule has 102 valence electrons. The van der Waals surface area contributed by atoms with Crippen molar-refractivity contribution < 1.29 is 0 Å². The van der Waals surface area contributed by atoms with Crippen LogP contribution in [0.4, 0.5) is 0 Å². The molecule has 0 spiro atoms. The predicted octanol–water partition coefficient (Wildman–Crippen LogP) is 6.00. The fourth-order valence-electron chi connectivity index (χ4n) is 2.41. The molecule has 0 aliphatic carbocycles. The van der Waals surface area contributed by atoms with Gasteiger partial charge in [-0.2, -0.15) is 0 Å². The summed E-state index contributed by atoms with van der Waals surface area (Å²) in [6, 6.07) is 21.1. The Kier molecular flexibility index (Phi) is 3.09. The van der Waals surface area contributed by atoms with E-state index >= 15 is 0 Å². The van der Waals surface area contributed by atoms with Crippen LogP contribution in [0.5, 0.6) is 0 Å². The molecule has 0 aliphatic rings. The molecule has 0 saturated heterocycles. The summed E-state index contributed by atoms with van der Waals surface area (Å²) < 4.78 is 1.25. The first-order valence-corrected chi connectivity index (χ1v) is 8.46. The Hall–Kier alpha value is -1.97. The average Bonchev–Trinajstić information content (AvgIpc) is 3.11. The highest BCUT2D eigenvalue weighted by atomic mass is 32.1. The number of benzene rings is 2. The van der Waals surface area contributed by atoms with Gasteiger partial charge in [-0.05, 0) is 36.2 Å². The lowest BCUT2D eigenvalue weighted by Gasteiger charge is -1.94. The smallest absolute Gasteiger partial charge is 0.134 e. The number of hydrogen-bond acceptors (Lipinski definition) is 3. The number of thiophene rings is 1. The number of aryl methyl sites for hydroxylation is 1. The second-order valence-electron chi connectivity index (χ2n) is 4.98. The Morgan fingerprint density at radius 3 is 2.43 bits per heavy atom. The lowest BCUT2D eigenvalue weighted by molar-refractivity contribution is 1.46. The topological polar surface area (TPSA) is 12.9 Å². The molecule has 2 heterocycles. The molecule has 0 radical (unpaired) electrons. The van der Waals surface area contributed by atoms with Crippen LogP contribution in [0.1, 0.15) is 5.56 Å². The lowest BCUT2D eigenvalue weighted by atomic mass is 10.1. The molecule has 2 aromatic heterocycles. The minimum absolute atomic E-state index is 1.09. The van der Waals surface area contributed by atoms with Crippen molar-refractivity contribution in [2.24, 2.45) is 0 Å². The van der Waals surface area contributed by atoms with E-state index in [0.29, 0.717) is 0 Å². The Morgan fingerprint density at radius 1 is 0.857 bits per heavy atom. The molecule has 0 N–H and O–H groups in total. The van der Waals surface area contributed by atoms with E-state index in [1.165, 1.54) is 25.6 Å². The largest absolute Gasteiger partial charge is 0.235 e. The number of thiazole rings is 1. The first-order chi connectivity index (χ1) is 10.3. The van der Waals surface area contributed by atoms with E-state index in [1.54, 1.807) is 11.3 Å². The Labute approximate surface area is 131 Å². The molecule has 0 bridgehead atoms. The van der Waals surface area contributed by atoms with Crippen LogP contribution in [-0.4, -0.2) is 4.98 Å². The van der Waals surface area contributed by atoms with E-state index in [-0.39, 0.29) is 0 Å². The molecule has 0 unspecified atom stereocenters. The first kappa shape index (κ1) is 12.7. The fraction of sp³-hybridized carbons (Fsp3) is 0.0556. The van der Waals surface area contributed by atoms with Gasteiger partial charge in [-0.1, -0.05) is 42.5 Å². The zero-order valence-corrected chi connectivity index (χ0v) is 13.2. The summed E-state index contributed by atoms with van der Waals surface area (Å²) in [5.74, 6) is 0. The summed E-state index contributed by atoms with van der Waals surface area (Å²) in [5, 5.41) is 1.13. The van der Waals surface area contributed by atoms with Gasteiger partial charge in [0, 0.05) is 4.88 Å². The highest BCUT2D eigenvalue weighted by molar-refractivity contribution is 7.26. The minimum atomic E-state index is 1.09. The molecule has 0 saturated carbocycles. The van der Waals surface area contributed by atoms with Gasteiger partial charge in [0.15, 0.2) is 0 Å². The molecule has 0 aliphatic heterocycles. The third kappa shape index (κ3) is 2.28. The molecule has 4 rings (SSSR count). The second-order valence-corrected chi connectivity index (χ2v) is 7.06. The molecule has 0 atom stereocenters. The van der Waals surface area contributed by atoms with Crippen molar-refractivity contribution in [3.05, 3.63) is 66.2 Å². The number of aromatic nitrogens is 1. The van der Waals surface area contributed by atoms with Gasteiger partial charge in [0.2, 0.25) is 0 Å². The highest BCUT2D eigenvalue weighted by Crippen LogP contribution is 2.40. The van der Waals surface area contributed by atoms with E-state index < -0.39 is 0 Å². The van der Waals surface area contributed by atoms with Gasteiger partial charge in [0.25, 0.3) is 0 Å². The lowest BCUT2D eigenvalue weighted by Crippen LogP contribution is -1.72. The van der Waals surface area contributed by atoms with E-state index in [9.17, 15) is 0 Å². The van der Waals surface area contributed by atoms with E-state index in [4.69, 9.17) is 4.98 Å². The minimum Gasteiger partial charge on any atom is -0.235 e. The molecule has 1 nitrogen and oxygen atoms in total.